The maximum Gasteiger partial charge on any atom is 0.226 e. The van der Waals surface area contributed by atoms with Crippen LogP contribution in [0.1, 0.15) is 19.4 Å². The molecular weight excluding hydrogens is 252 g/mol. The van der Waals surface area contributed by atoms with Crippen LogP contribution in [0, 0.1) is 11.6 Å². The number of benzene rings is 1. The molecule has 0 unspecified atom stereocenters. The van der Waals surface area contributed by atoms with Gasteiger partial charge in [-0.05, 0) is 25.1 Å². The number of amides is 1. The summed E-state index contributed by atoms with van der Waals surface area (Å²) in [6, 6.07) is 4.63. The zero-order valence-corrected chi connectivity index (χ0v) is 10.3. The van der Waals surface area contributed by atoms with Crippen LogP contribution >= 0.6 is 0 Å². The molecule has 1 aromatic carbocycles. The van der Waals surface area contributed by atoms with Crippen LogP contribution in [-0.2, 0) is 4.79 Å². The van der Waals surface area contributed by atoms with E-state index in [9.17, 15) is 13.6 Å². The molecule has 0 radical (unpaired) electrons. The number of carbonyl (C=O) groups is 1. The summed E-state index contributed by atoms with van der Waals surface area (Å²) in [4.78, 5) is 11.7. The van der Waals surface area contributed by atoms with E-state index in [0.29, 0.717) is 0 Å². The first-order valence-electron chi connectivity index (χ1n) is 5.80. The highest BCUT2D eigenvalue weighted by atomic mass is 19.1. The van der Waals surface area contributed by atoms with Crippen LogP contribution < -0.4 is 5.32 Å². The Bertz CT molecular complexity index is 569. The third-order valence-corrected chi connectivity index (χ3v) is 2.66. The molecule has 0 saturated heterocycles. The summed E-state index contributed by atoms with van der Waals surface area (Å²) in [5.74, 6) is -1.82. The Balaban J connectivity index is 1.98. The van der Waals surface area contributed by atoms with Crippen LogP contribution in [0.3, 0.4) is 0 Å². The van der Waals surface area contributed by atoms with Gasteiger partial charge in [0.2, 0.25) is 5.91 Å². The second-order valence-electron chi connectivity index (χ2n) is 4.21. The molecule has 2 rings (SSSR count). The third-order valence-electron chi connectivity index (χ3n) is 2.66. The molecule has 1 aromatic heterocycles. The van der Waals surface area contributed by atoms with Gasteiger partial charge in [0.15, 0.2) is 0 Å². The van der Waals surface area contributed by atoms with Gasteiger partial charge in [-0.2, -0.15) is 5.10 Å². The molecule has 6 heteroatoms. The first kappa shape index (κ1) is 13.2. The number of hydrogen-bond donors (Lipinski definition) is 1. The minimum absolute atomic E-state index is 0.0286. The molecule has 2 aromatic rings. The highest BCUT2D eigenvalue weighted by Gasteiger charge is 2.13. The van der Waals surface area contributed by atoms with E-state index in [2.05, 4.69) is 10.4 Å². The molecule has 19 heavy (non-hydrogen) atoms. The molecule has 4 nitrogen and oxygen atoms in total. The molecule has 0 aliphatic heterocycles. The number of halogens is 2. The fourth-order valence-corrected chi connectivity index (χ4v) is 1.70. The molecule has 0 aliphatic carbocycles. The Morgan fingerprint density at radius 3 is 2.89 bits per heavy atom. The van der Waals surface area contributed by atoms with Crippen LogP contribution in [0.25, 0.3) is 0 Å². The van der Waals surface area contributed by atoms with E-state index in [1.807, 2.05) is 6.92 Å². The molecule has 0 saturated carbocycles. The van der Waals surface area contributed by atoms with E-state index in [4.69, 9.17) is 0 Å². The molecule has 0 aliphatic rings. The Kier molecular flexibility index (Phi) is 3.89. The SMILES string of the molecule is C[C@H](CC(=O)Nc1ccc(F)cc1F)n1cccn1. The van der Waals surface area contributed by atoms with Crippen LogP contribution in [-0.4, -0.2) is 15.7 Å². The summed E-state index contributed by atoms with van der Waals surface area (Å²) in [7, 11) is 0. The van der Waals surface area contributed by atoms with E-state index in [-0.39, 0.29) is 24.1 Å². The second-order valence-corrected chi connectivity index (χ2v) is 4.21. The van der Waals surface area contributed by atoms with E-state index >= 15 is 0 Å². The maximum atomic E-state index is 13.3. The Morgan fingerprint density at radius 2 is 2.26 bits per heavy atom. The van der Waals surface area contributed by atoms with Gasteiger partial charge in [0, 0.05) is 24.9 Å². The molecule has 100 valence electrons. The van der Waals surface area contributed by atoms with Crippen molar-refractivity contribution in [2.45, 2.75) is 19.4 Å². The number of anilines is 1. The van der Waals surface area contributed by atoms with Gasteiger partial charge in [-0.25, -0.2) is 8.78 Å². The lowest BCUT2D eigenvalue weighted by atomic mass is 10.2. The maximum absolute atomic E-state index is 13.3. The molecule has 0 spiro atoms. The summed E-state index contributed by atoms with van der Waals surface area (Å²) >= 11 is 0. The Hall–Kier alpha value is -2.24. The van der Waals surface area contributed by atoms with E-state index in [0.717, 1.165) is 12.1 Å². The van der Waals surface area contributed by atoms with Crippen LogP contribution in [0.2, 0.25) is 0 Å². The van der Waals surface area contributed by atoms with Crippen LogP contribution in [0.4, 0.5) is 14.5 Å². The molecule has 1 atom stereocenters. The minimum Gasteiger partial charge on any atom is -0.324 e. The lowest BCUT2D eigenvalue weighted by Gasteiger charge is -2.12. The number of carbonyl (C=O) groups excluding carboxylic acids is 1. The standard InChI is InChI=1S/C13H13F2N3O/c1-9(18-6-2-5-16-18)7-13(19)17-12-4-3-10(14)8-11(12)15/h2-6,8-9H,7H2,1H3,(H,17,19)/t9-/m1/s1. The zero-order chi connectivity index (χ0) is 13.8. The third kappa shape index (κ3) is 3.37. The zero-order valence-electron chi connectivity index (χ0n) is 10.3. The molecule has 0 fully saturated rings. The summed E-state index contributed by atoms with van der Waals surface area (Å²) in [6.07, 6.45) is 3.52. The quantitative estimate of drug-likeness (QED) is 0.924. The predicted octanol–water partition coefficient (Wildman–Crippen LogP) is 2.75. The van der Waals surface area contributed by atoms with Crippen LogP contribution in [0.5, 0.6) is 0 Å². The summed E-state index contributed by atoms with van der Waals surface area (Å²) in [6.45, 7) is 1.83. The molecule has 1 N–H and O–H groups in total. The number of nitrogens with one attached hydrogen (secondary N) is 1. The number of aromatic nitrogens is 2. The van der Waals surface area contributed by atoms with E-state index in [1.54, 1.807) is 23.1 Å². The predicted molar refractivity (Wildman–Crippen MR) is 66.5 cm³/mol. The lowest BCUT2D eigenvalue weighted by Crippen LogP contribution is -2.18. The van der Waals surface area contributed by atoms with E-state index in [1.165, 1.54) is 6.07 Å². The topological polar surface area (TPSA) is 46.9 Å². The highest BCUT2D eigenvalue weighted by Crippen LogP contribution is 2.16. The molecular formula is C13H13F2N3O. The van der Waals surface area contributed by atoms with Crippen molar-refractivity contribution >= 4 is 11.6 Å². The van der Waals surface area contributed by atoms with Gasteiger partial charge in [-0.3, -0.25) is 9.48 Å². The monoisotopic (exact) mass is 265 g/mol. The number of hydrogen-bond acceptors (Lipinski definition) is 2. The van der Waals surface area contributed by atoms with Gasteiger partial charge in [0.1, 0.15) is 11.6 Å². The fourth-order valence-electron chi connectivity index (χ4n) is 1.70. The van der Waals surface area contributed by atoms with Gasteiger partial charge in [0.25, 0.3) is 0 Å². The van der Waals surface area contributed by atoms with Crippen molar-refractivity contribution in [3.05, 3.63) is 48.3 Å². The van der Waals surface area contributed by atoms with Crippen molar-refractivity contribution in [1.82, 2.24) is 9.78 Å². The van der Waals surface area contributed by atoms with Gasteiger partial charge in [0.05, 0.1) is 11.7 Å². The van der Waals surface area contributed by atoms with Crippen molar-refractivity contribution in [1.29, 1.82) is 0 Å². The van der Waals surface area contributed by atoms with Crippen molar-refractivity contribution in [3.63, 3.8) is 0 Å². The van der Waals surface area contributed by atoms with Gasteiger partial charge in [-0.15, -0.1) is 0 Å². The lowest BCUT2D eigenvalue weighted by molar-refractivity contribution is -0.116. The van der Waals surface area contributed by atoms with E-state index < -0.39 is 11.6 Å². The normalized spacial score (nSPS) is 12.2. The minimum atomic E-state index is -0.792. The van der Waals surface area contributed by atoms with Crippen molar-refractivity contribution < 1.29 is 13.6 Å². The van der Waals surface area contributed by atoms with Gasteiger partial charge in [-0.1, -0.05) is 0 Å². The highest BCUT2D eigenvalue weighted by molar-refractivity contribution is 5.91. The average Bonchev–Trinajstić information content (AvgIpc) is 2.86. The molecule has 0 bridgehead atoms. The number of nitrogens with zero attached hydrogens (tertiary/aromatic N) is 2. The first-order chi connectivity index (χ1) is 9.06. The number of rotatable bonds is 4. The van der Waals surface area contributed by atoms with Crippen molar-refractivity contribution in [2.75, 3.05) is 5.32 Å². The van der Waals surface area contributed by atoms with Gasteiger partial charge < -0.3 is 5.32 Å². The van der Waals surface area contributed by atoms with Crippen LogP contribution in [0.15, 0.2) is 36.7 Å². The Morgan fingerprint density at radius 1 is 1.47 bits per heavy atom. The van der Waals surface area contributed by atoms with Gasteiger partial charge >= 0.3 is 0 Å². The largest absolute Gasteiger partial charge is 0.324 e. The second kappa shape index (κ2) is 5.60. The average molecular weight is 265 g/mol. The smallest absolute Gasteiger partial charge is 0.226 e. The summed E-state index contributed by atoms with van der Waals surface area (Å²) in [5, 5.41) is 6.43. The van der Waals surface area contributed by atoms with Crippen molar-refractivity contribution in [3.8, 4) is 0 Å². The fraction of sp³-hybridized carbons (Fsp3) is 0.231. The Labute approximate surface area is 109 Å². The first-order valence-corrected chi connectivity index (χ1v) is 5.80. The van der Waals surface area contributed by atoms with Crippen molar-refractivity contribution in [2.24, 2.45) is 0 Å². The molecule has 1 amide bonds. The summed E-state index contributed by atoms with van der Waals surface area (Å²) in [5.41, 5.74) is -0.0286. The summed E-state index contributed by atoms with van der Waals surface area (Å²) < 4.78 is 27.7. The molecule has 1 heterocycles.